The van der Waals surface area contributed by atoms with Crippen LogP contribution in [0.2, 0.25) is 5.02 Å². The van der Waals surface area contributed by atoms with Crippen LogP contribution in [0.4, 0.5) is 5.82 Å². The second-order valence-electron chi connectivity index (χ2n) is 6.97. The van der Waals surface area contributed by atoms with Crippen molar-refractivity contribution in [2.45, 2.75) is 6.92 Å². The van der Waals surface area contributed by atoms with Crippen LogP contribution >= 0.6 is 11.6 Å². The van der Waals surface area contributed by atoms with E-state index in [0.717, 1.165) is 38.4 Å². The number of rotatable bonds is 3. The van der Waals surface area contributed by atoms with Crippen molar-refractivity contribution in [3.8, 4) is 11.3 Å². The summed E-state index contributed by atoms with van der Waals surface area (Å²) < 4.78 is 6.17. The predicted octanol–water partition coefficient (Wildman–Crippen LogP) is 5.93. The van der Waals surface area contributed by atoms with Gasteiger partial charge in [0.1, 0.15) is 17.7 Å². The van der Waals surface area contributed by atoms with E-state index < -0.39 is 0 Å². The Morgan fingerprint density at radius 3 is 2.60 bits per heavy atom. The molecule has 0 bridgehead atoms. The Morgan fingerprint density at radius 1 is 0.900 bits per heavy atom. The van der Waals surface area contributed by atoms with E-state index in [1.54, 1.807) is 0 Å². The standard InChI is InChI=1S/C24H17ClN4O/c1-15-6-11-18-21(28-29-24-19-4-2-3-5-20(19)26-14-27-24)13-22(30-23(18)12-15)16-7-9-17(25)10-8-16/h2-14H,1H3,(H,26,27,29). The number of para-hydroxylation sites is 1. The van der Waals surface area contributed by atoms with Gasteiger partial charge in [0.05, 0.1) is 10.9 Å². The SMILES string of the molecule is Cc1ccc2c(=NNc3ncnc4ccccc34)cc(-c3ccc(Cl)cc3)oc2c1. The number of aromatic nitrogens is 2. The molecule has 0 aliphatic carbocycles. The molecule has 5 aromatic rings. The zero-order chi connectivity index (χ0) is 20.5. The molecule has 0 amide bonds. The van der Waals surface area contributed by atoms with Crippen molar-refractivity contribution in [3.05, 3.63) is 95.1 Å². The number of fused-ring (bicyclic) bond motifs is 2. The van der Waals surface area contributed by atoms with Gasteiger partial charge in [-0.3, -0.25) is 5.43 Å². The predicted molar refractivity (Wildman–Crippen MR) is 120 cm³/mol. The number of nitrogens with one attached hydrogen (secondary N) is 1. The average Bonchev–Trinajstić information content (AvgIpc) is 2.77. The van der Waals surface area contributed by atoms with Gasteiger partial charge in [0.25, 0.3) is 0 Å². The van der Waals surface area contributed by atoms with Gasteiger partial charge < -0.3 is 4.42 Å². The highest BCUT2D eigenvalue weighted by atomic mass is 35.5. The van der Waals surface area contributed by atoms with Gasteiger partial charge in [-0.25, -0.2) is 9.97 Å². The van der Waals surface area contributed by atoms with E-state index in [9.17, 15) is 0 Å². The monoisotopic (exact) mass is 412 g/mol. The summed E-state index contributed by atoms with van der Waals surface area (Å²) in [4.78, 5) is 8.65. The van der Waals surface area contributed by atoms with Gasteiger partial charge in [0.2, 0.25) is 0 Å². The van der Waals surface area contributed by atoms with Gasteiger partial charge in [-0.15, -0.1) is 0 Å². The Morgan fingerprint density at radius 2 is 1.73 bits per heavy atom. The lowest BCUT2D eigenvalue weighted by Gasteiger charge is -2.07. The van der Waals surface area contributed by atoms with Crippen LogP contribution in [0, 0.1) is 6.92 Å². The van der Waals surface area contributed by atoms with E-state index in [-0.39, 0.29) is 0 Å². The lowest BCUT2D eigenvalue weighted by Crippen LogP contribution is -2.08. The van der Waals surface area contributed by atoms with Crippen LogP contribution < -0.4 is 10.8 Å². The molecule has 2 heterocycles. The summed E-state index contributed by atoms with van der Waals surface area (Å²) in [6, 6.07) is 23.3. The third kappa shape index (κ3) is 3.51. The van der Waals surface area contributed by atoms with Crippen LogP contribution in [0.1, 0.15) is 5.56 Å². The molecule has 0 aliphatic rings. The largest absolute Gasteiger partial charge is 0.456 e. The van der Waals surface area contributed by atoms with Crippen LogP contribution in [0.3, 0.4) is 0 Å². The number of halogens is 1. The highest BCUT2D eigenvalue weighted by Crippen LogP contribution is 2.24. The Labute approximate surface area is 177 Å². The van der Waals surface area contributed by atoms with Gasteiger partial charge in [0.15, 0.2) is 5.82 Å². The number of hydrogen-bond acceptors (Lipinski definition) is 5. The maximum Gasteiger partial charge on any atom is 0.157 e. The second kappa shape index (κ2) is 7.61. The molecule has 146 valence electrons. The summed E-state index contributed by atoms with van der Waals surface area (Å²) in [5, 5.41) is 7.91. The molecule has 0 unspecified atom stereocenters. The van der Waals surface area contributed by atoms with E-state index in [4.69, 9.17) is 16.0 Å². The minimum absolute atomic E-state index is 0.648. The maximum atomic E-state index is 6.17. The molecule has 5 nitrogen and oxygen atoms in total. The Balaban J connectivity index is 1.67. The summed E-state index contributed by atoms with van der Waals surface area (Å²) in [5.74, 6) is 1.35. The normalized spacial score (nSPS) is 11.9. The van der Waals surface area contributed by atoms with E-state index in [2.05, 4.69) is 20.5 Å². The average molecular weight is 413 g/mol. The first kappa shape index (κ1) is 18.3. The van der Waals surface area contributed by atoms with Gasteiger partial charge in [0, 0.05) is 27.4 Å². The number of nitrogens with zero attached hydrogens (tertiary/aromatic N) is 3. The number of benzene rings is 3. The van der Waals surface area contributed by atoms with Gasteiger partial charge in [-0.2, -0.15) is 5.10 Å². The van der Waals surface area contributed by atoms with Crippen molar-refractivity contribution < 1.29 is 4.42 Å². The third-order valence-corrected chi connectivity index (χ3v) is 5.11. The van der Waals surface area contributed by atoms with Crippen LogP contribution in [-0.4, -0.2) is 9.97 Å². The minimum atomic E-state index is 0.648. The van der Waals surface area contributed by atoms with Crippen molar-refractivity contribution >= 4 is 39.3 Å². The summed E-state index contributed by atoms with van der Waals surface area (Å²) in [5.41, 5.74) is 6.76. The van der Waals surface area contributed by atoms with Crippen molar-refractivity contribution in [3.63, 3.8) is 0 Å². The highest BCUT2D eigenvalue weighted by Gasteiger charge is 2.07. The van der Waals surface area contributed by atoms with E-state index in [1.165, 1.54) is 6.33 Å². The topological polar surface area (TPSA) is 63.3 Å². The van der Waals surface area contributed by atoms with E-state index in [1.807, 2.05) is 79.7 Å². The second-order valence-corrected chi connectivity index (χ2v) is 7.40. The molecular weight excluding hydrogens is 396 g/mol. The molecule has 0 aliphatic heterocycles. The Hall–Kier alpha value is -3.70. The lowest BCUT2D eigenvalue weighted by atomic mass is 10.1. The zero-order valence-corrected chi connectivity index (χ0v) is 16.9. The molecule has 0 atom stereocenters. The molecule has 0 fully saturated rings. The van der Waals surface area contributed by atoms with Gasteiger partial charge >= 0.3 is 0 Å². The lowest BCUT2D eigenvalue weighted by molar-refractivity contribution is 0.618. The van der Waals surface area contributed by atoms with Crippen LogP contribution in [0.25, 0.3) is 33.2 Å². The smallest absolute Gasteiger partial charge is 0.157 e. The van der Waals surface area contributed by atoms with Crippen LogP contribution in [0.15, 0.2) is 88.6 Å². The van der Waals surface area contributed by atoms with Crippen molar-refractivity contribution in [2.75, 3.05) is 5.43 Å². The van der Waals surface area contributed by atoms with Gasteiger partial charge in [-0.1, -0.05) is 29.8 Å². The molecule has 3 aromatic carbocycles. The molecule has 6 heteroatoms. The fourth-order valence-electron chi connectivity index (χ4n) is 3.33. The van der Waals surface area contributed by atoms with Gasteiger partial charge in [-0.05, 0) is 61.0 Å². The van der Waals surface area contributed by atoms with Crippen LogP contribution in [0.5, 0.6) is 0 Å². The molecule has 0 saturated carbocycles. The highest BCUT2D eigenvalue weighted by molar-refractivity contribution is 6.30. The fraction of sp³-hybridized carbons (Fsp3) is 0.0417. The summed E-state index contributed by atoms with van der Waals surface area (Å²) in [6.07, 6.45) is 1.53. The number of hydrogen-bond donors (Lipinski definition) is 1. The van der Waals surface area contributed by atoms with Crippen molar-refractivity contribution in [2.24, 2.45) is 5.10 Å². The molecule has 0 spiro atoms. The fourth-order valence-corrected chi connectivity index (χ4v) is 3.46. The summed E-state index contributed by atoms with van der Waals surface area (Å²) in [6.45, 7) is 2.03. The first-order valence-electron chi connectivity index (χ1n) is 9.47. The molecule has 1 N–H and O–H groups in total. The third-order valence-electron chi connectivity index (χ3n) is 4.85. The summed E-state index contributed by atoms with van der Waals surface area (Å²) >= 11 is 6.04. The Kier molecular flexibility index (Phi) is 4.65. The molecule has 2 aromatic heterocycles. The minimum Gasteiger partial charge on any atom is -0.456 e. The van der Waals surface area contributed by atoms with Crippen molar-refractivity contribution in [1.29, 1.82) is 0 Å². The quantitative estimate of drug-likeness (QED) is 0.373. The molecule has 0 radical (unpaired) electrons. The molecule has 5 rings (SSSR count). The van der Waals surface area contributed by atoms with Crippen LogP contribution in [-0.2, 0) is 0 Å². The zero-order valence-electron chi connectivity index (χ0n) is 16.1. The maximum absolute atomic E-state index is 6.17. The first-order valence-corrected chi connectivity index (χ1v) is 9.85. The molecule has 0 saturated heterocycles. The Bertz CT molecular complexity index is 1440. The first-order chi connectivity index (χ1) is 14.7. The summed E-state index contributed by atoms with van der Waals surface area (Å²) in [7, 11) is 0. The molecular formula is C24H17ClN4O. The number of aryl methyl sites for hydroxylation is 1. The molecule has 30 heavy (non-hydrogen) atoms. The number of anilines is 1. The van der Waals surface area contributed by atoms with Crippen molar-refractivity contribution in [1.82, 2.24) is 9.97 Å². The van der Waals surface area contributed by atoms with E-state index in [0.29, 0.717) is 16.6 Å². The van der Waals surface area contributed by atoms with E-state index >= 15 is 0 Å².